The molecule has 0 aliphatic carbocycles. The van der Waals surface area contributed by atoms with Crippen LogP contribution in [0, 0.1) is 12.8 Å². The van der Waals surface area contributed by atoms with Crippen LogP contribution in [0.3, 0.4) is 0 Å². The van der Waals surface area contributed by atoms with Crippen molar-refractivity contribution in [3.8, 4) is 0 Å². The van der Waals surface area contributed by atoms with Gasteiger partial charge in [0.2, 0.25) is 0 Å². The van der Waals surface area contributed by atoms with Crippen LogP contribution >= 0.6 is 0 Å². The van der Waals surface area contributed by atoms with E-state index >= 15 is 0 Å². The van der Waals surface area contributed by atoms with Gasteiger partial charge in [0.15, 0.2) is 6.61 Å². The maximum atomic E-state index is 11.9. The lowest BCUT2D eigenvalue weighted by Gasteiger charge is -2.09. The first-order valence-electron chi connectivity index (χ1n) is 8.66. The number of rotatable bonds is 7. The maximum Gasteiger partial charge on any atom is 0.338 e. The third kappa shape index (κ3) is 6.58. The molecule has 0 atom stereocenters. The Morgan fingerprint density at radius 2 is 1.59 bits per heavy atom. The summed E-state index contributed by atoms with van der Waals surface area (Å²) in [6, 6.07) is 13.2. The lowest BCUT2D eigenvalue weighted by atomic mass is 10.1. The van der Waals surface area contributed by atoms with Crippen LogP contribution in [0.4, 0.5) is 5.69 Å². The minimum atomic E-state index is -0.558. The molecule has 0 fully saturated rings. The molecule has 0 aliphatic rings. The summed E-state index contributed by atoms with van der Waals surface area (Å²) in [7, 11) is 0. The van der Waals surface area contributed by atoms with Gasteiger partial charge in [0.05, 0.1) is 17.7 Å². The van der Waals surface area contributed by atoms with Gasteiger partial charge in [-0.1, -0.05) is 31.5 Å². The lowest BCUT2D eigenvalue weighted by Crippen LogP contribution is -2.21. The number of hydrogen-bond acceptors (Lipinski definition) is 5. The van der Waals surface area contributed by atoms with E-state index in [9.17, 15) is 14.4 Å². The Morgan fingerprint density at radius 1 is 0.926 bits per heavy atom. The second-order valence-electron chi connectivity index (χ2n) is 6.56. The number of nitrogens with one attached hydrogen (secondary N) is 1. The Kier molecular flexibility index (Phi) is 7.11. The zero-order valence-electron chi connectivity index (χ0n) is 15.7. The standard InChI is InChI=1S/C21H23NO5/c1-14(2)12-26-20(24)16-7-9-18(10-8-16)22-19(23)13-27-21(25)17-6-4-5-15(3)11-17/h4-11,14H,12-13H2,1-3H3,(H,22,23). The van der Waals surface area contributed by atoms with Crippen molar-refractivity contribution in [1.29, 1.82) is 0 Å². The van der Waals surface area contributed by atoms with E-state index in [1.165, 1.54) is 0 Å². The molecule has 0 saturated carbocycles. The van der Waals surface area contributed by atoms with Gasteiger partial charge in [-0.2, -0.15) is 0 Å². The first-order valence-corrected chi connectivity index (χ1v) is 8.66. The average Bonchev–Trinajstić information content (AvgIpc) is 2.64. The van der Waals surface area contributed by atoms with E-state index in [-0.39, 0.29) is 5.92 Å². The third-order valence-corrected chi connectivity index (χ3v) is 3.54. The van der Waals surface area contributed by atoms with Crippen molar-refractivity contribution in [3.05, 3.63) is 65.2 Å². The Morgan fingerprint density at radius 3 is 2.22 bits per heavy atom. The molecule has 0 bridgehead atoms. The number of carbonyl (C=O) groups excluding carboxylic acids is 3. The fraction of sp³-hybridized carbons (Fsp3) is 0.286. The van der Waals surface area contributed by atoms with Crippen LogP contribution < -0.4 is 5.32 Å². The van der Waals surface area contributed by atoms with Gasteiger partial charge in [-0.25, -0.2) is 9.59 Å². The molecule has 0 spiro atoms. The number of aryl methyl sites for hydroxylation is 1. The largest absolute Gasteiger partial charge is 0.462 e. The zero-order chi connectivity index (χ0) is 19.8. The number of hydrogen-bond donors (Lipinski definition) is 1. The summed E-state index contributed by atoms with van der Waals surface area (Å²) in [6.45, 7) is 5.73. The van der Waals surface area contributed by atoms with Crippen molar-refractivity contribution >= 4 is 23.5 Å². The predicted octanol–water partition coefficient (Wildman–Crippen LogP) is 3.60. The Balaban J connectivity index is 1.83. The van der Waals surface area contributed by atoms with Crippen LogP contribution in [0.15, 0.2) is 48.5 Å². The second-order valence-corrected chi connectivity index (χ2v) is 6.56. The highest BCUT2D eigenvalue weighted by molar-refractivity contribution is 5.96. The number of amides is 1. The molecular weight excluding hydrogens is 346 g/mol. The van der Waals surface area contributed by atoms with Crippen molar-refractivity contribution in [2.75, 3.05) is 18.5 Å². The fourth-order valence-electron chi connectivity index (χ4n) is 2.20. The minimum absolute atomic E-state index is 0.259. The van der Waals surface area contributed by atoms with Gasteiger partial charge < -0.3 is 14.8 Å². The number of ether oxygens (including phenoxy) is 2. The van der Waals surface area contributed by atoms with Crippen molar-refractivity contribution < 1.29 is 23.9 Å². The molecule has 2 aromatic carbocycles. The molecule has 0 unspecified atom stereocenters. The van der Waals surface area contributed by atoms with Crippen LogP contribution in [0.25, 0.3) is 0 Å². The highest BCUT2D eigenvalue weighted by atomic mass is 16.5. The summed E-state index contributed by atoms with van der Waals surface area (Å²) in [5, 5.41) is 2.61. The van der Waals surface area contributed by atoms with Crippen LogP contribution in [-0.2, 0) is 14.3 Å². The topological polar surface area (TPSA) is 81.7 Å². The molecule has 0 aliphatic heterocycles. The molecule has 2 rings (SSSR count). The summed E-state index contributed by atoms with van der Waals surface area (Å²) < 4.78 is 10.2. The molecule has 1 amide bonds. The average molecular weight is 369 g/mol. The highest BCUT2D eigenvalue weighted by Gasteiger charge is 2.12. The quantitative estimate of drug-likeness (QED) is 0.754. The van der Waals surface area contributed by atoms with Gasteiger partial charge in [0.1, 0.15) is 0 Å². The van der Waals surface area contributed by atoms with Gasteiger partial charge >= 0.3 is 11.9 Å². The van der Waals surface area contributed by atoms with Crippen LogP contribution in [-0.4, -0.2) is 31.1 Å². The molecule has 0 aromatic heterocycles. The van der Waals surface area contributed by atoms with Crippen LogP contribution in [0.2, 0.25) is 0 Å². The molecule has 0 heterocycles. The third-order valence-electron chi connectivity index (χ3n) is 3.54. The van der Waals surface area contributed by atoms with E-state index in [2.05, 4.69) is 5.32 Å². The van der Waals surface area contributed by atoms with Gasteiger partial charge in [-0.15, -0.1) is 0 Å². The fourth-order valence-corrected chi connectivity index (χ4v) is 2.20. The predicted molar refractivity (Wildman–Crippen MR) is 102 cm³/mol. The monoisotopic (exact) mass is 369 g/mol. The molecule has 0 saturated heterocycles. The number of carbonyl (C=O) groups is 3. The number of anilines is 1. The highest BCUT2D eigenvalue weighted by Crippen LogP contribution is 2.11. The van der Waals surface area contributed by atoms with E-state index in [0.29, 0.717) is 23.4 Å². The minimum Gasteiger partial charge on any atom is -0.462 e. The van der Waals surface area contributed by atoms with Crippen LogP contribution in [0.1, 0.15) is 40.1 Å². The Bertz CT molecular complexity index is 812. The molecule has 1 N–H and O–H groups in total. The SMILES string of the molecule is Cc1cccc(C(=O)OCC(=O)Nc2ccc(C(=O)OCC(C)C)cc2)c1. The first kappa shape index (κ1) is 20.2. The Hall–Kier alpha value is -3.15. The molecule has 6 nitrogen and oxygen atoms in total. The number of benzene rings is 2. The van der Waals surface area contributed by atoms with E-state index in [1.54, 1.807) is 42.5 Å². The number of esters is 2. The molecular formula is C21H23NO5. The summed E-state index contributed by atoms with van der Waals surface area (Å²) in [5.41, 5.74) is 2.22. The molecule has 2 aromatic rings. The normalized spacial score (nSPS) is 10.4. The molecule has 0 radical (unpaired) electrons. The van der Waals surface area contributed by atoms with E-state index in [1.807, 2.05) is 26.8 Å². The smallest absolute Gasteiger partial charge is 0.338 e. The summed E-state index contributed by atoms with van der Waals surface area (Å²) in [6.07, 6.45) is 0. The van der Waals surface area contributed by atoms with E-state index in [0.717, 1.165) is 5.56 Å². The van der Waals surface area contributed by atoms with Gasteiger partial charge in [-0.3, -0.25) is 4.79 Å². The lowest BCUT2D eigenvalue weighted by molar-refractivity contribution is -0.119. The van der Waals surface area contributed by atoms with Gasteiger partial charge in [0.25, 0.3) is 5.91 Å². The molecule has 27 heavy (non-hydrogen) atoms. The summed E-state index contributed by atoms with van der Waals surface area (Å²) in [4.78, 5) is 35.7. The Labute approximate surface area is 158 Å². The second kappa shape index (κ2) is 9.52. The van der Waals surface area contributed by atoms with Gasteiger partial charge in [0, 0.05) is 5.69 Å². The zero-order valence-corrected chi connectivity index (χ0v) is 15.7. The van der Waals surface area contributed by atoms with Crippen molar-refractivity contribution in [1.82, 2.24) is 0 Å². The van der Waals surface area contributed by atoms with E-state index in [4.69, 9.17) is 9.47 Å². The molecule has 142 valence electrons. The van der Waals surface area contributed by atoms with Crippen molar-refractivity contribution in [2.45, 2.75) is 20.8 Å². The van der Waals surface area contributed by atoms with Crippen LogP contribution in [0.5, 0.6) is 0 Å². The van der Waals surface area contributed by atoms with E-state index < -0.39 is 24.5 Å². The molecule has 6 heteroatoms. The van der Waals surface area contributed by atoms with Gasteiger partial charge in [-0.05, 0) is 49.2 Å². The van der Waals surface area contributed by atoms with Crippen molar-refractivity contribution in [3.63, 3.8) is 0 Å². The summed E-state index contributed by atoms with van der Waals surface area (Å²) in [5.74, 6) is -1.17. The van der Waals surface area contributed by atoms with Crippen molar-refractivity contribution in [2.24, 2.45) is 5.92 Å². The maximum absolute atomic E-state index is 11.9. The summed E-state index contributed by atoms with van der Waals surface area (Å²) >= 11 is 0. The first-order chi connectivity index (χ1) is 12.8.